The topological polar surface area (TPSA) is 20.3 Å². The van der Waals surface area contributed by atoms with Crippen molar-refractivity contribution in [1.82, 2.24) is 4.90 Å². The van der Waals surface area contributed by atoms with Gasteiger partial charge in [-0.3, -0.25) is 9.18 Å². The molecule has 1 heterocycles. The van der Waals surface area contributed by atoms with E-state index in [0.717, 1.165) is 19.4 Å². The first kappa shape index (κ1) is 12.8. The van der Waals surface area contributed by atoms with Crippen LogP contribution >= 0.6 is 0 Å². The lowest BCUT2D eigenvalue weighted by Gasteiger charge is -2.30. The van der Waals surface area contributed by atoms with Gasteiger partial charge in [-0.05, 0) is 24.2 Å². The number of carbonyl (C=O) groups excluding carboxylic acids is 1. The number of hydrogen-bond acceptors (Lipinski definition) is 1. The molecule has 2 fully saturated rings. The zero-order valence-corrected chi connectivity index (χ0v) is 11.4. The first-order valence-corrected chi connectivity index (χ1v) is 6.63. The van der Waals surface area contributed by atoms with Crippen LogP contribution in [0.1, 0.15) is 40.5 Å². The summed E-state index contributed by atoms with van der Waals surface area (Å²) in [5, 5.41) is 0. The zero-order valence-electron chi connectivity index (χ0n) is 11.4. The Hall–Kier alpha value is -0.600. The lowest BCUT2D eigenvalue weighted by Crippen LogP contribution is -2.35. The third kappa shape index (κ3) is 2.34. The van der Waals surface area contributed by atoms with Crippen LogP contribution in [0.5, 0.6) is 0 Å². The van der Waals surface area contributed by atoms with Crippen LogP contribution in [-0.4, -0.2) is 30.6 Å². The van der Waals surface area contributed by atoms with Crippen LogP contribution in [0.3, 0.4) is 0 Å². The van der Waals surface area contributed by atoms with E-state index in [1.165, 1.54) is 0 Å². The van der Waals surface area contributed by atoms with Gasteiger partial charge in [-0.25, -0.2) is 0 Å². The summed E-state index contributed by atoms with van der Waals surface area (Å²) in [7, 11) is 0. The molecular formula is C14H24FNO. The van der Waals surface area contributed by atoms with E-state index in [1.807, 2.05) is 11.8 Å². The van der Waals surface area contributed by atoms with E-state index in [2.05, 4.69) is 20.8 Å². The molecule has 2 unspecified atom stereocenters. The molecule has 1 aliphatic heterocycles. The van der Waals surface area contributed by atoms with Crippen molar-refractivity contribution in [2.24, 2.45) is 22.7 Å². The summed E-state index contributed by atoms with van der Waals surface area (Å²) in [6.07, 6.45) is 2.01. The van der Waals surface area contributed by atoms with Crippen molar-refractivity contribution in [1.29, 1.82) is 0 Å². The van der Waals surface area contributed by atoms with Crippen LogP contribution in [0.15, 0.2) is 0 Å². The molecule has 1 aliphatic carbocycles. The van der Waals surface area contributed by atoms with Crippen LogP contribution < -0.4 is 0 Å². The lowest BCUT2D eigenvalue weighted by molar-refractivity contribution is -0.135. The Bertz CT molecular complexity index is 317. The Kier molecular flexibility index (Phi) is 2.99. The summed E-state index contributed by atoms with van der Waals surface area (Å²) in [4.78, 5) is 14.2. The highest BCUT2D eigenvalue weighted by atomic mass is 19.1. The molecule has 0 N–H and O–H groups in total. The van der Waals surface area contributed by atoms with Crippen LogP contribution in [0.25, 0.3) is 0 Å². The molecule has 1 saturated heterocycles. The standard InChI is InChI=1S/C14H24FNO/c1-13(2,3)11-9-16(8-10(11)7-15)12(17)14(4)5-6-14/h10-11H,5-9H2,1-4H3. The molecule has 0 bridgehead atoms. The number of carbonyl (C=O) groups is 1. The number of halogens is 1. The van der Waals surface area contributed by atoms with Crippen molar-refractivity contribution < 1.29 is 9.18 Å². The maximum absolute atomic E-state index is 13.1. The summed E-state index contributed by atoms with van der Waals surface area (Å²) in [6, 6.07) is 0. The minimum Gasteiger partial charge on any atom is -0.342 e. The second-order valence-corrected chi connectivity index (χ2v) is 7.16. The van der Waals surface area contributed by atoms with Gasteiger partial charge in [-0.15, -0.1) is 0 Å². The molecule has 1 amide bonds. The lowest BCUT2D eigenvalue weighted by atomic mass is 9.75. The number of amides is 1. The van der Waals surface area contributed by atoms with E-state index in [0.29, 0.717) is 12.5 Å². The van der Waals surface area contributed by atoms with E-state index in [-0.39, 0.29) is 29.3 Å². The van der Waals surface area contributed by atoms with Gasteiger partial charge in [0, 0.05) is 24.4 Å². The molecule has 1 saturated carbocycles. The Labute approximate surface area is 104 Å². The van der Waals surface area contributed by atoms with E-state index in [9.17, 15) is 9.18 Å². The van der Waals surface area contributed by atoms with Gasteiger partial charge in [0.05, 0.1) is 6.67 Å². The fourth-order valence-electron chi connectivity index (χ4n) is 2.96. The number of likely N-dealkylation sites (tertiary alicyclic amines) is 1. The van der Waals surface area contributed by atoms with Crippen molar-refractivity contribution in [2.45, 2.75) is 40.5 Å². The Morgan fingerprint density at radius 2 is 1.94 bits per heavy atom. The summed E-state index contributed by atoms with van der Waals surface area (Å²) in [6.45, 7) is 9.53. The minimum absolute atomic E-state index is 0.0290. The largest absolute Gasteiger partial charge is 0.342 e. The second kappa shape index (κ2) is 3.96. The number of alkyl halides is 1. The normalized spacial score (nSPS) is 31.7. The predicted molar refractivity (Wildman–Crippen MR) is 66.3 cm³/mol. The molecule has 0 radical (unpaired) electrons. The number of rotatable bonds is 2. The van der Waals surface area contributed by atoms with Gasteiger partial charge in [0.2, 0.25) is 5.91 Å². The van der Waals surface area contributed by atoms with Gasteiger partial charge in [0.1, 0.15) is 0 Å². The van der Waals surface area contributed by atoms with Gasteiger partial charge in [-0.1, -0.05) is 27.7 Å². The summed E-state index contributed by atoms with van der Waals surface area (Å²) in [5.74, 6) is 0.572. The molecule has 2 rings (SSSR count). The molecular weight excluding hydrogens is 217 g/mol. The SMILES string of the molecule is CC1(C(=O)N2CC(CF)C(C(C)(C)C)C2)CC1. The fraction of sp³-hybridized carbons (Fsp3) is 0.929. The van der Waals surface area contributed by atoms with Gasteiger partial charge < -0.3 is 4.90 Å². The molecule has 2 atom stereocenters. The first-order chi connectivity index (χ1) is 7.78. The van der Waals surface area contributed by atoms with E-state index < -0.39 is 0 Å². The molecule has 3 heteroatoms. The Morgan fingerprint density at radius 1 is 1.35 bits per heavy atom. The van der Waals surface area contributed by atoms with Gasteiger partial charge in [0.15, 0.2) is 0 Å². The third-order valence-electron chi connectivity index (χ3n) is 4.56. The maximum atomic E-state index is 13.1. The van der Waals surface area contributed by atoms with Gasteiger partial charge in [-0.2, -0.15) is 0 Å². The van der Waals surface area contributed by atoms with Crippen LogP contribution in [-0.2, 0) is 4.79 Å². The third-order valence-corrected chi connectivity index (χ3v) is 4.56. The van der Waals surface area contributed by atoms with Gasteiger partial charge in [0.25, 0.3) is 0 Å². The van der Waals surface area contributed by atoms with Crippen molar-refractivity contribution in [2.75, 3.05) is 19.8 Å². The van der Waals surface area contributed by atoms with E-state index in [4.69, 9.17) is 0 Å². The Balaban J connectivity index is 2.07. The highest BCUT2D eigenvalue weighted by Crippen LogP contribution is 2.48. The number of hydrogen-bond donors (Lipinski definition) is 0. The van der Waals surface area contributed by atoms with Crippen molar-refractivity contribution in [3.8, 4) is 0 Å². The maximum Gasteiger partial charge on any atom is 0.228 e. The summed E-state index contributed by atoms with van der Waals surface area (Å²) < 4.78 is 13.1. The second-order valence-electron chi connectivity index (χ2n) is 7.16. The molecule has 2 aliphatic rings. The molecule has 0 aromatic rings. The average Bonchev–Trinajstić information content (AvgIpc) is 2.82. The van der Waals surface area contributed by atoms with E-state index in [1.54, 1.807) is 0 Å². The van der Waals surface area contributed by atoms with Crippen LogP contribution in [0.2, 0.25) is 0 Å². The molecule has 0 aromatic carbocycles. The van der Waals surface area contributed by atoms with Crippen LogP contribution in [0.4, 0.5) is 4.39 Å². The molecule has 17 heavy (non-hydrogen) atoms. The summed E-state index contributed by atoms with van der Waals surface area (Å²) >= 11 is 0. The highest BCUT2D eigenvalue weighted by Gasteiger charge is 2.50. The van der Waals surface area contributed by atoms with Crippen LogP contribution in [0, 0.1) is 22.7 Å². The molecule has 0 spiro atoms. The van der Waals surface area contributed by atoms with Gasteiger partial charge >= 0.3 is 0 Å². The zero-order chi connectivity index (χ0) is 12.8. The quantitative estimate of drug-likeness (QED) is 0.728. The number of nitrogens with zero attached hydrogens (tertiary/aromatic N) is 1. The van der Waals surface area contributed by atoms with Crippen molar-refractivity contribution in [3.05, 3.63) is 0 Å². The van der Waals surface area contributed by atoms with E-state index >= 15 is 0 Å². The molecule has 0 aromatic heterocycles. The first-order valence-electron chi connectivity index (χ1n) is 6.63. The van der Waals surface area contributed by atoms with Crippen molar-refractivity contribution in [3.63, 3.8) is 0 Å². The molecule has 98 valence electrons. The van der Waals surface area contributed by atoms with Crippen molar-refractivity contribution >= 4 is 5.91 Å². The monoisotopic (exact) mass is 241 g/mol. The minimum atomic E-state index is -0.303. The Morgan fingerprint density at radius 3 is 2.29 bits per heavy atom. The summed E-state index contributed by atoms with van der Waals surface area (Å²) in [5.41, 5.74) is -0.0378. The smallest absolute Gasteiger partial charge is 0.228 e. The predicted octanol–water partition coefficient (Wildman–Crippen LogP) is 2.88. The highest BCUT2D eigenvalue weighted by molar-refractivity contribution is 5.85. The fourth-order valence-corrected chi connectivity index (χ4v) is 2.96. The molecule has 2 nitrogen and oxygen atoms in total. The average molecular weight is 241 g/mol.